The Balaban J connectivity index is 1.50. The van der Waals surface area contributed by atoms with Crippen LogP contribution in [0, 0.1) is 0 Å². The zero-order chi connectivity index (χ0) is 22.2. The van der Waals surface area contributed by atoms with Crippen molar-refractivity contribution in [2.24, 2.45) is 0 Å². The number of hydrogen-bond donors (Lipinski definition) is 2. The number of Topliss-reactive ketones (excluding diaryl/α,β-unsaturated/α-hetero) is 1. The van der Waals surface area contributed by atoms with Crippen molar-refractivity contribution in [2.75, 3.05) is 16.4 Å². The number of hydrogen-bond acceptors (Lipinski definition) is 4. The number of halogens is 1. The summed E-state index contributed by atoms with van der Waals surface area (Å²) in [5.41, 5.74) is 2.78. The lowest BCUT2D eigenvalue weighted by Gasteiger charge is -2.08. The second-order valence-electron chi connectivity index (χ2n) is 6.85. The Bertz CT molecular complexity index is 1080. The van der Waals surface area contributed by atoms with Crippen molar-refractivity contribution < 1.29 is 14.4 Å². The second kappa shape index (κ2) is 10.8. The van der Waals surface area contributed by atoms with Crippen LogP contribution in [0.2, 0.25) is 5.02 Å². The van der Waals surface area contributed by atoms with Gasteiger partial charge in [-0.15, -0.1) is 11.8 Å². The first-order valence-electron chi connectivity index (χ1n) is 9.57. The zero-order valence-corrected chi connectivity index (χ0v) is 18.4. The fourth-order valence-corrected chi connectivity index (χ4v) is 3.67. The summed E-state index contributed by atoms with van der Waals surface area (Å²) < 4.78 is 0. The van der Waals surface area contributed by atoms with Gasteiger partial charge in [-0.05, 0) is 67.1 Å². The van der Waals surface area contributed by atoms with Crippen molar-refractivity contribution in [2.45, 2.75) is 18.2 Å². The number of benzene rings is 3. The Labute approximate surface area is 190 Å². The van der Waals surface area contributed by atoms with Gasteiger partial charge in [-0.25, -0.2) is 0 Å². The fourth-order valence-electron chi connectivity index (χ4n) is 2.79. The molecule has 2 N–H and O–H groups in total. The van der Waals surface area contributed by atoms with E-state index in [1.165, 1.54) is 18.7 Å². The molecule has 0 heterocycles. The van der Waals surface area contributed by atoms with Crippen LogP contribution in [0.15, 0.2) is 77.7 Å². The van der Waals surface area contributed by atoms with Gasteiger partial charge in [0.2, 0.25) is 11.8 Å². The molecular formula is C24H21ClN2O3S. The molecule has 0 aromatic heterocycles. The lowest BCUT2D eigenvalue weighted by atomic mass is 10.1. The Morgan fingerprint density at radius 1 is 0.839 bits per heavy atom. The van der Waals surface area contributed by atoms with Crippen LogP contribution in [0.3, 0.4) is 0 Å². The number of rotatable bonds is 8. The molecule has 3 aromatic carbocycles. The average Bonchev–Trinajstić information content (AvgIpc) is 2.74. The standard InChI is InChI=1S/C24H21ClN2O3S/c1-16(28)18-7-11-20(12-8-18)26-24(30)15-31-22-4-2-3-21(14-22)27-23(29)13-17-5-9-19(25)10-6-17/h2-12,14H,13,15H2,1H3,(H,26,30)(H,27,29). The Kier molecular flexibility index (Phi) is 7.87. The van der Waals surface area contributed by atoms with Crippen molar-refractivity contribution in [3.8, 4) is 0 Å². The van der Waals surface area contributed by atoms with Crippen LogP contribution in [0.5, 0.6) is 0 Å². The molecule has 0 aliphatic carbocycles. The number of nitrogens with one attached hydrogen (secondary N) is 2. The summed E-state index contributed by atoms with van der Waals surface area (Å²) in [5.74, 6) is -0.0843. The van der Waals surface area contributed by atoms with E-state index >= 15 is 0 Å². The van der Waals surface area contributed by atoms with Gasteiger partial charge < -0.3 is 10.6 Å². The van der Waals surface area contributed by atoms with Crippen LogP contribution in [0.4, 0.5) is 11.4 Å². The number of thioether (sulfide) groups is 1. The van der Waals surface area contributed by atoms with E-state index in [9.17, 15) is 14.4 Å². The van der Waals surface area contributed by atoms with Gasteiger partial charge >= 0.3 is 0 Å². The minimum Gasteiger partial charge on any atom is -0.326 e. The van der Waals surface area contributed by atoms with E-state index in [1.54, 1.807) is 42.5 Å². The fraction of sp³-hybridized carbons (Fsp3) is 0.125. The maximum absolute atomic E-state index is 12.3. The number of carbonyl (C=O) groups excluding carboxylic acids is 3. The van der Waals surface area contributed by atoms with Crippen LogP contribution < -0.4 is 10.6 Å². The molecule has 31 heavy (non-hydrogen) atoms. The van der Waals surface area contributed by atoms with E-state index in [1.807, 2.05) is 30.3 Å². The molecule has 2 amide bonds. The topological polar surface area (TPSA) is 75.3 Å². The predicted molar refractivity (Wildman–Crippen MR) is 126 cm³/mol. The minimum atomic E-state index is -0.155. The van der Waals surface area contributed by atoms with Gasteiger partial charge in [0.05, 0.1) is 12.2 Å². The van der Waals surface area contributed by atoms with Crippen molar-refractivity contribution >= 4 is 52.3 Å². The van der Waals surface area contributed by atoms with E-state index in [4.69, 9.17) is 11.6 Å². The van der Waals surface area contributed by atoms with Gasteiger partial charge in [0, 0.05) is 26.9 Å². The molecular weight excluding hydrogens is 432 g/mol. The lowest BCUT2D eigenvalue weighted by Crippen LogP contribution is -2.15. The molecule has 7 heteroatoms. The molecule has 0 radical (unpaired) electrons. The third kappa shape index (κ3) is 7.27. The molecule has 0 bridgehead atoms. The molecule has 0 saturated carbocycles. The zero-order valence-electron chi connectivity index (χ0n) is 16.9. The van der Waals surface area contributed by atoms with E-state index < -0.39 is 0 Å². The van der Waals surface area contributed by atoms with Crippen LogP contribution >= 0.6 is 23.4 Å². The number of anilines is 2. The summed E-state index contributed by atoms with van der Waals surface area (Å²) in [5, 5.41) is 6.31. The lowest BCUT2D eigenvalue weighted by molar-refractivity contribution is -0.115. The summed E-state index contributed by atoms with van der Waals surface area (Å²) in [6.45, 7) is 1.50. The monoisotopic (exact) mass is 452 g/mol. The molecule has 0 fully saturated rings. The van der Waals surface area contributed by atoms with Crippen LogP contribution in [-0.4, -0.2) is 23.4 Å². The van der Waals surface area contributed by atoms with Crippen LogP contribution in [0.1, 0.15) is 22.8 Å². The highest BCUT2D eigenvalue weighted by molar-refractivity contribution is 8.00. The first kappa shape index (κ1) is 22.6. The third-order valence-corrected chi connectivity index (χ3v) is 5.59. The summed E-state index contributed by atoms with van der Waals surface area (Å²) in [4.78, 5) is 36.7. The summed E-state index contributed by atoms with van der Waals surface area (Å²) in [7, 11) is 0. The Morgan fingerprint density at radius 2 is 1.52 bits per heavy atom. The van der Waals surface area contributed by atoms with Crippen molar-refractivity contribution in [1.29, 1.82) is 0 Å². The largest absolute Gasteiger partial charge is 0.326 e. The molecule has 0 aliphatic heterocycles. The van der Waals surface area contributed by atoms with Crippen molar-refractivity contribution in [1.82, 2.24) is 0 Å². The average molecular weight is 453 g/mol. The normalized spacial score (nSPS) is 10.4. The SMILES string of the molecule is CC(=O)c1ccc(NC(=O)CSc2cccc(NC(=O)Cc3ccc(Cl)cc3)c2)cc1. The Hall–Kier alpha value is -3.09. The third-order valence-electron chi connectivity index (χ3n) is 4.34. The van der Waals surface area contributed by atoms with Gasteiger partial charge in [-0.1, -0.05) is 29.8 Å². The molecule has 0 atom stereocenters. The van der Waals surface area contributed by atoms with Gasteiger partial charge in [0.25, 0.3) is 0 Å². The van der Waals surface area contributed by atoms with Gasteiger partial charge in [-0.2, -0.15) is 0 Å². The van der Waals surface area contributed by atoms with E-state index in [2.05, 4.69) is 10.6 Å². The first-order valence-corrected chi connectivity index (χ1v) is 10.9. The molecule has 0 unspecified atom stereocenters. The highest BCUT2D eigenvalue weighted by atomic mass is 35.5. The van der Waals surface area contributed by atoms with E-state index in [-0.39, 0.29) is 29.8 Å². The smallest absolute Gasteiger partial charge is 0.234 e. The van der Waals surface area contributed by atoms with E-state index in [0.29, 0.717) is 22.0 Å². The van der Waals surface area contributed by atoms with E-state index in [0.717, 1.165) is 10.5 Å². The molecule has 158 valence electrons. The molecule has 3 aromatic rings. The quantitative estimate of drug-likeness (QED) is 0.352. The van der Waals surface area contributed by atoms with Crippen molar-refractivity contribution in [3.05, 3.63) is 88.9 Å². The van der Waals surface area contributed by atoms with Gasteiger partial charge in [0.15, 0.2) is 5.78 Å². The van der Waals surface area contributed by atoms with Crippen LogP contribution in [-0.2, 0) is 16.0 Å². The molecule has 0 aliphatic rings. The molecule has 0 saturated heterocycles. The maximum Gasteiger partial charge on any atom is 0.234 e. The first-order chi connectivity index (χ1) is 14.9. The highest BCUT2D eigenvalue weighted by Gasteiger charge is 2.08. The van der Waals surface area contributed by atoms with Crippen molar-refractivity contribution in [3.63, 3.8) is 0 Å². The van der Waals surface area contributed by atoms with Gasteiger partial charge in [-0.3, -0.25) is 14.4 Å². The summed E-state index contributed by atoms with van der Waals surface area (Å²) >= 11 is 7.24. The van der Waals surface area contributed by atoms with Gasteiger partial charge in [0.1, 0.15) is 0 Å². The molecule has 0 spiro atoms. The summed E-state index contributed by atoms with van der Waals surface area (Å²) in [6.07, 6.45) is 0.249. The Morgan fingerprint density at radius 3 is 2.19 bits per heavy atom. The van der Waals surface area contributed by atoms with Crippen LogP contribution in [0.25, 0.3) is 0 Å². The second-order valence-corrected chi connectivity index (χ2v) is 8.33. The maximum atomic E-state index is 12.3. The number of carbonyl (C=O) groups is 3. The molecule has 3 rings (SSSR count). The highest BCUT2D eigenvalue weighted by Crippen LogP contribution is 2.22. The molecule has 5 nitrogen and oxygen atoms in total. The number of ketones is 1. The minimum absolute atomic E-state index is 0.0198. The predicted octanol–water partition coefficient (Wildman–Crippen LogP) is 5.45. The summed E-state index contributed by atoms with van der Waals surface area (Å²) in [6, 6.07) is 21.3. The number of amides is 2.